The van der Waals surface area contributed by atoms with Gasteiger partial charge in [-0.3, -0.25) is 4.79 Å². The van der Waals surface area contributed by atoms with E-state index in [1.54, 1.807) is 13.8 Å². The first-order valence-corrected chi connectivity index (χ1v) is 3.60. The highest BCUT2D eigenvalue weighted by molar-refractivity contribution is 5.57. The monoisotopic (exact) mass is 176 g/mol. The Morgan fingerprint density at radius 1 is 1.67 bits per heavy atom. The molecule has 0 radical (unpaired) electrons. The lowest BCUT2D eigenvalue weighted by atomic mass is 10.2. The second kappa shape index (κ2) is 5.40. The first-order valence-electron chi connectivity index (χ1n) is 3.60. The molecule has 1 N–H and O–H groups in total. The van der Waals surface area contributed by atoms with Gasteiger partial charge in [-0.15, -0.1) is 0 Å². The van der Waals surface area contributed by atoms with Crippen LogP contribution in [0.25, 0.3) is 0 Å². The Hall–Kier alpha value is -1.26. The number of rotatable bonds is 5. The summed E-state index contributed by atoms with van der Waals surface area (Å²) in [6.07, 6.45) is -2.01. The maximum atomic E-state index is 10.1. The molecule has 0 heterocycles. The molecule has 0 rings (SSSR count). The number of ether oxygens (including phenoxy) is 2. The van der Waals surface area contributed by atoms with Gasteiger partial charge in [0, 0.05) is 0 Å². The summed E-state index contributed by atoms with van der Waals surface area (Å²) >= 11 is 0. The van der Waals surface area contributed by atoms with Crippen LogP contribution in [0.1, 0.15) is 20.3 Å². The number of hydrogen-bond acceptors (Lipinski definition) is 4. The van der Waals surface area contributed by atoms with Crippen molar-refractivity contribution >= 4 is 12.6 Å². The molecule has 5 heteroatoms. The molecule has 0 saturated carbocycles. The summed E-state index contributed by atoms with van der Waals surface area (Å²) in [6, 6.07) is 0. The first-order chi connectivity index (χ1) is 5.61. The van der Waals surface area contributed by atoms with Gasteiger partial charge in [0.1, 0.15) is 12.2 Å². The Morgan fingerprint density at radius 2 is 2.25 bits per heavy atom. The zero-order chi connectivity index (χ0) is 9.56. The summed E-state index contributed by atoms with van der Waals surface area (Å²) in [6.45, 7) is 3.60. The maximum Gasteiger partial charge on any atom is 0.506 e. The number of carbonyl (C=O) groups is 2. The zero-order valence-corrected chi connectivity index (χ0v) is 7.02. The van der Waals surface area contributed by atoms with E-state index in [1.807, 2.05) is 0 Å². The van der Waals surface area contributed by atoms with Crippen LogP contribution in [0.4, 0.5) is 4.79 Å². The molecule has 2 unspecified atom stereocenters. The third kappa shape index (κ3) is 3.80. The summed E-state index contributed by atoms with van der Waals surface area (Å²) in [5, 5.41) is 8.27. The Labute approximate surface area is 70.3 Å². The van der Waals surface area contributed by atoms with Crippen LogP contribution in [-0.2, 0) is 14.3 Å². The van der Waals surface area contributed by atoms with Gasteiger partial charge < -0.3 is 14.6 Å². The van der Waals surface area contributed by atoms with E-state index < -0.39 is 18.4 Å². The predicted octanol–water partition coefficient (Wildman–Crippen LogP) is 1.02. The van der Waals surface area contributed by atoms with Crippen molar-refractivity contribution in [1.82, 2.24) is 0 Å². The van der Waals surface area contributed by atoms with Crippen LogP contribution in [0.3, 0.4) is 0 Å². The number of hydrogen-bond donors (Lipinski definition) is 1. The molecular formula is C7H12O5. The predicted molar refractivity (Wildman–Crippen MR) is 39.8 cm³/mol. The minimum absolute atomic E-state index is 0.276. The third-order valence-corrected chi connectivity index (χ3v) is 1.45. The second-order valence-electron chi connectivity index (χ2n) is 2.27. The van der Waals surface area contributed by atoms with E-state index in [9.17, 15) is 9.59 Å². The Morgan fingerprint density at radius 3 is 2.58 bits per heavy atom. The Bertz CT molecular complexity index is 156. The van der Waals surface area contributed by atoms with Gasteiger partial charge in [0.05, 0.1) is 0 Å². The summed E-state index contributed by atoms with van der Waals surface area (Å²) in [4.78, 5) is 20.0. The molecule has 0 aliphatic heterocycles. The van der Waals surface area contributed by atoms with Crippen molar-refractivity contribution in [2.45, 2.75) is 32.5 Å². The average molecular weight is 176 g/mol. The van der Waals surface area contributed by atoms with Crippen molar-refractivity contribution < 1.29 is 24.2 Å². The molecule has 2 atom stereocenters. The smallest absolute Gasteiger partial charge is 0.461 e. The lowest BCUT2D eigenvalue weighted by molar-refractivity contribution is -0.139. The molecule has 0 aromatic heterocycles. The van der Waals surface area contributed by atoms with Crippen molar-refractivity contribution in [3.63, 3.8) is 0 Å². The molecule has 0 aliphatic carbocycles. The number of carboxylic acid groups (broad SMARTS) is 1. The molecule has 0 spiro atoms. The van der Waals surface area contributed by atoms with Crippen LogP contribution in [0.15, 0.2) is 0 Å². The van der Waals surface area contributed by atoms with Gasteiger partial charge in [-0.2, -0.15) is 0 Å². The molecule has 5 nitrogen and oxygen atoms in total. The van der Waals surface area contributed by atoms with Crippen molar-refractivity contribution in [3.05, 3.63) is 0 Å². The molecule has 0 amide bonds. The molecule has 0 fully saturated rings. The van der Waals surface area contributed by atoms with Crippen LogP contribution in [0.5, 0.6) is 0 Å². The minimum Gasteiger partial charge on any atom is -0.461 e. The van der Waals surface area contributed by atoms with E-state index in [4.69, 9.17) is 5.11 Å². The van der Waals surface area contributed by atoms with E-state index in [1.165, 1.54) is 0 Å². The second-order valence-corrected chi connectivity index (χ2v) is 2.27. The topological polar surface area (TPSA) is 72.8 Å². The van der Waals surface area contributed by atoms with E-state index in [2.05, 4.69) is 9.47 Å². The van der Waals surface area contributed by atoms with Crippen LogP contribution in [-0.4, -0.2) is 29.9 Å². The molecule has 12 heavy (non-hydrogen) atoms. The first kappa shape index (κ1) is 10.7. The highest BCUT2D eigenvalue weighted by Crippen LogP contribution is 2.06. The molecule has 0 saturated heterocycles. The molecule has 0 aliphatic rings. The van der Waals surface area contributed by atoms with Crippen LogP contribution in [0.2, 0.25) is 0 Å². The van der Waals surface area contributed by atoms with Crippen molar-refractivity contribution in [2.75, 3.05) is 0 Å². The summed E-state index contributed by atoms with van der Waals surface area (Å²) in [7, 11) is 0. The van der Waals surface area contributed by atoms with E-state index in [0.29, 0.717) is 6.42 Å². The van der Waals surface area contributed by atoms with Gasteiger partial charge >= 0.3 is 6.16 Å². The van der Waals surface area contributed by atoms with Crippen molar-refractivity contribution in [3.8, 4) is 0 Å². The highest BCUT2D eigenvalue weighted by atomic mass is 16.7. The Balaban J connectivity index is 3.94. The summed E-state index contributed by atoms with van der Waals surface area (Å²) < 4.78 is 8.97. The van der Waals surface area contributed by atoms with Crippen LogP contribution >= 0.6 is 0 Å². The van der Waals surface area contributed by atoms with E-state index >= 15 is 0 Å². The van der Waals surface area contributed by atoms with Gasteiger partial charge in [0.15, 0.2) is 0 Å². The fourth-order valence-electron chi connectivity index (χ4n) is 0.816. The SMILES string of the molecule is CCC(OC(=O)O)C(C)OC=O. The maximum absolute atomic E-state index is 10.1. The van der Waals surface area contributed by atoms with Gasteiger partial charge in [0.2, 0.25) is 0 Å². The fourth-order valence-corrected chi connectivity index (χ4v) is 0.816. The fraction of sp³-hybridized carbons (Fsp3) is 0.714. The van der Waals surface area contributed by atoms with Gasteiger partial charge in [-0.25, -0.2) is 4.79 Å². The third-order valence-electron chi connectivity index (χ3n) is 1.45. The normalized spacial score (nSPS) is 14.5. The lowest BCUT2D eigenvalue weighted by Crippen LogP contribution is -2.30. The Kier molecular flexibility index (Phi) is 4.83. The van der Waals surface area contributed by atoms with Crippen LogP contribution < -0.4 is 0 Å². The largest absolute Gasteiger partial charge is 0.506 e. The van der Waals surface area contributed by atoms with E-state index in [-0.39, 0.29) is 6.47 Å². The molecule has 0 aromatic carbocycles. The van der Waals surface area contributed by atoms with Gasteiger partial charge in [-0.1, -0.05) is 6.92 Å². The van der Waals surface area contributed by atoms with E-state index in [0.717, 1.165) is 0 Å². The summed E-state index contributed by atoms with van der Waals surface area (Å²) in [5.74, 6) is 0. The quantitative estimate of drug-likeness (QED) is 0.500. The van der Waals surface area contributed by atoms with Gasteiger partial charge in [0.25, 0.3) is 6.47 Å². The summed E-state index contributed by atoms with van der Waals surface area (Å²) in [5.41, 5.74) is 0. The van der Waals surface area contributed by atoms with Crippen molar-refractivity contribution in [1.29, 1.82) is 0 Å². The standard InChI is InChI=1S/C7H12O5/c1-3-6(12-7(9)10)5(2)11-4-8/h4-6H,3H2,1-2H3,(H,9,10). The molecule has 0 bridgehead atoms. The highest BCUT2D eigenvalue weighted by Gasteiger charge is 2.20. The molecule has 0 aromatic rings. The van der Waals surface area contributed by atoms with Crippen LogP contribution in [0, 0.1) is 0 Å². The number of carbonyl (C=O) groups excluding carboxylic acids is 1. The van der Waals surface area contributed by atoms with Crippen molar-refractivity contribution in [2.24, 2.45) is 0 Å². The minimum atomic E-state index is -1.36. The lowest BCUT2D eigenvalue weighted by Gasteiger charge is -2.19. The molecular weight excluding hydrogens is 164 g/mol. The van der Waals surface area contributed by atoms with Gasteiger partial charge in [-0.05, 0) is 13.3 Å². The molecule has 70 valence electrons. The average Bonchev–Trinajstić information content (AvgIpc) is 2.00. The zero-order valence-electron chi connectivity index (χ0n) is 7.02.